The number of nitrogens with one attached hydrogen (secondary N) is 1. The van der Waals surface area contributed by atoms with Gasteiger partial charge in [0.1, 0.15) is 15.6 Å². The predicted octanol–water partition coefficient (Wildman–Crippen LogP) is 5.10. The van der Waals surface area contributed by atoms with Crippen LogP contribution < -0.4 is 10.1 Å². The first-order chi connectivity index (χ1) is 11.5. The number of thiophene rings is 1. The van der Waals surface area contributed by atoms with Crippen molar-refractivity contribution >= 4 is 50.5 Å². The highest BCUT2D eigenvalue weighted by molar-refractivity contribution is 7.22. The number of methoxy groups -OCH3 is 1. The van der Waals surface area contributed by atoms with Crippen molar-refractivity contribution < 1.29 is 9.53 Å². The Bertz CT molecular complexity index is 896. The number of amides is 1. The maximum Gasteiger partial charge on any atom is 0.263 e. The van der Waals surface area contributed by atoms with Crippen molar-refractivity contribution in [2.75, 3.05) is 7.11 Å². The van der Waals surface area contributed by atoms with Gasteiger partial charge in [-0.05, 0) is 36.8 Å². The molecular formula is C17H14Cl2N2O2S. The molecule has 2 aromatic heterocycles. The lowest BCUT2D eigenvalue weighted by Gasteiger charge is -2.13. The molecule has 0 aliphatic heterocycles. The summed E-state index contributed by atoms with van der Waals surface area (Å²) in [5.74, 6) is 0.319. The van der Waals surface area contributed by atoms with Crippen LogP contribution in [0.1, 0.15) is 28.2 Å². The molecular weight excluding hydrogens is 367 g/mol. The highest BCUT2D eigenvalue weighted by Crippen LogP contribution is 2.43. The van der Waals surface area contributed by atoms with Gasteiger partial charge in [-0.3, -0.25) is 9.78 Å². The summed E-state index contributed by atoms with van der Waals surface area (Å²) in [4.78, 5) is 17.0. The Labute approximate surface area is 153 Å². The van der Waals surface area contributed by atoms with E-state index in [1.165, 1.54) is 11.3 Å². The van der Waals surface area contributed by atoms with Gasteiger partial charge < -0.3 is 10.1 Å². The summed E-state index contributed by atoms with van der Waals surface area (Å²) in [5.41, 5.74) is 0.968. The fourth-order valence-electron chi connectivity index (χ4n) is 2.38. The second-order valence-electron chi connectivity index (χ2n) is 5.18. The molecule has 0 spiro atoms. The van der Waals surface area contributed by atoms with E-state index >= 15 is 0 Å². The first-order valence-electron chi connectivity index (χ1n) is 7.18. The van der Waals surface area contributed by atoms with Crippen molar-refractivity contribution in [3.63, 3.8) is 0 Å². The van der Waals surface area contributed by atoms with Crippen LogP contribution in [0.5, 0.6) is 5.75 Å². The van der Waals surface area contributed by atoms with E-state index in [1.54, 1.807) is 25.6 Å². The van der Waals surface area contributed by atoms with Crippen molar-refractivity contribution in [3.05, 3.63) is 57.1 Å². The molecule has 0 radical (unpaired) electrons. The van der Waals surface area contributed by atoms with Crippen molar-refractivity contribution in [2.24, 2.45) is 0 Å². The first kappa shape index (κ1) is 17.0. The van der Waals surface area contributed by atoms with E-state index in [0.29, 0.717) is 20.7 Å². The highest BCUT2D eigenvalue weighted by Gasteiger charge is 2.21. The third kappa shape index (κ3) is 3.07. The molecule has 1 aromatic carbocycles. The largest absolute Gasteiger partial charge is 0.495 e. The zero-order valence-corrected chi connectivity index (χ0v) is 15.3. The minimum Gasteiger partial charge on any atom is -0.495 e. The fraction of sp³-hybridized carbons (Fsp3) is 0.176. The summed E-state index contributed by atoms with van der Waals surface area (Å²) in [7, 11) is 1.55. The van der Waals surface area contributed by atoms with Gasteiger partial charge in [0.05, 0.1) is 22.9 Å². The highest BCUT2D eigenvalue weighted by atomic mass is 35.5. The molecule has 2 heterocycles. The molecule has 0 unspecified atom stereocenters. The number of pyridine rings is 1. The second-order valence-corrected chi connectivity index (χ2v) is 6.96. The van der Waals surface area contributed by atoms with E-state index in [-0.39, 0.29) is 11.9 Å². The van der Waals surface area contributed by atoms with Crippen LogP contribution in [-0.2, 0) is 0 Å². The van der Waals surface area contributed by atoms with Gasteiger partial charge in [0.25, 0.3) is 5.91 Å². The minimum absolute atomic E-state index is 0.160. The molecule has 0 aliphatic carbocycles. The number of hydrogen-bond acceptors (Lipinski definition) is 4. The molecule has 4 nitrogen and oxygen atoms in total. The smallest absolute Gasteiger partial charge is 0.263 e. The minimum atomic E-state index is -0.236. The molecule has 1 amide bonds. The molecule has 0 aliphatic rings. The molecule has 1 N–H and O–H groups in total. The van der Waals surface area contributed by atoms with Crippen molar-refractivity contribution in [1.82, 2.24) is 10.3 Å². The summed E-state index contributed by atoms with van der Waals surface area (Å²) in [6.07, 6.45) is 3.38. The van der Waals surface area contributed by atoms with E-state index in [4.69, 9.17) is 27.9 Å². The Kier molecular flexibility index (Phi) is 4.94. The average Bonchev–Trinajstić information content (AvgIpc) is 2.94. The Balaban J connectivity index is 1.93. The van der Waals surface area contributed by atoms with Crippen LogP contribution in [0, 0.1) is 0 Å². The molecule has 0 fully saturated rings. The van der Waals surface area contributed by atoms with Gasteiger partial charge in [0.15, 0.2) is 0 Å². The number of carbonyl (C=O) groups is 1. The lowest BCUT2D eigenvalue weighted by atomic mass is 10.1. The molecule has 0 saturated heterocycles. The van der Waals surface area contributed by atoms with Gasteiger partial charge >= 0.3 is 0 Å². The Morgan fingerprint density at radius 1 is 1.21 bits per heavy atom. The van der Waals surface area contributed by atoms with E-state index in [2.05, 4.69) is 10.3 Å². The Morgan fingerprint density at radius 2 is 1.92 bits per heavy atom. The van der Waals surface area contributed by atoms with Gasteiger partial charge in [0.2, 0.25) is 0 Å². The summed E-state index contributed by atoms with van der Waals surface area (Å²) < 4.78 is 5.95. The van der Waals surface area contributed by atoms with Crippen molar-refractivity contribution in [2.45, 2.75) is 13.0 Å². The number of rotatable bonds is 4. The molecule has 24 heavy (non-hydrogen) atoms. The van der Waals surface area contributed by atoms with Gasteiger partial charge in [-0.15, -0.1) is 11.3 Å². The maximum absolute atomic E-state index is 12.6. The van der Waals surface area contributed by atoms with Gasteiger partial charge in [-0.2, -0.15) is 0 Å². The number of benzene rings is 1. The van der Waals surface area contributed by atoms with Crippen molar-refractivity contribution in [1.29, 1.82) is 0 Å². The van der Waals surface area contributed by atoms with Crippen LogP contribution in [0.2, 0.25) is 10.0 Å². The Morgan fingerprint density at radius 3 is 2.58 bits per heavy atom. The van der Waals surface area contributed by atoms with E-state index < -0.39 is 0 Å². The third-order valence-electron chi connectivity index (χ3n) is 3.68. The van der Waals surface area contributed by atoms with Crippen molar-refractivity contribution in [3.8, 4) is 5.75 Å². The zero-order chi connectivity index (χ0) is 17.3. The van der Waals surface area contributed by atoms with Gasteiger partial charge in [0, 0.05) is 17.8 Å². The van der Waals surface area contributed by atoms with E-state index in [0.717, 1.165) is 15.6 Å². The monoisotopic (exact) mass is 380 g/mol. The fourth-order valence-corrected chi connectivity index (χ4v) is 4.18. The van der Waals surface area contributed by atoms with Crippen LogP contribution in [0.3, 0.4) is 0 Å². The van der Waals surface area contributed by atoms with Crippen LogP contribution in [0.15, 0.2) is 36.7 Å². The number of aromatic nitrogens is 1. The lowest BCUT2D eigenvalue weighted by molar-refractivity contribution is 0.0944. The number of carbonyl (C=O) groups excluding carboxylic acids is 1. The average molecular weight is 381 g/mol. The van der Waals surface area contributed by atoms with E-state index in [9.17, 15) is 4.79 Å². The molecule has 3 aromatic rings. The number of ether oxygens (including phenoxy) is 1. The summed E-state index contributed by atoms with van der Waals surface area (Å²) in [6, 6.07) is 7.11. The Hall–Kier alpha value is -1.82. The number of hydrogen-bond donors (Lipinski definition) is 1. The summed E-state index contributed by atoms with van der Waals surface area (Å²) in [5, 5.41) is 4.55. The maximum atomic E-state index is 12.6. The zero-order valence-electron chi connectivity index (χ0n) is 13.0. The molecule has 3 rings (SSSR count). The standard InChI is InChI=1S/C17H14Cl2N2O2S/c1-9(10-5-7-20-8-6-10)21-17(22)16-13(18)11-3-4-12(23-2)14(19)15(11)24-16/h3-9H,1-2H3,(H,21,22)/t9-/m0/s1. The van der Waals surface area contributed by atoms with E-state index in [1.807, 2.05) is 25.1 Å². The van der Waals surface area contributed by atoms with Gasteiger partial charge in [-0.25, -0.2) is 0 Å². The molecule has 124 valence electrons. The van der Waals surface area contributed by atoms with Crippen LogP contribution in [0.4, 0.5) is 0 Å². The second kappa shape index (κ2) is 6.97. The molecule has 0 saturated carbocycles. The lowest BCUT2D eigenvalue weighted by Crippen LogP contribution is -2.26. The first-order valence-corrected chi connectivity index (χ1v) is 8.75. The van der Waals surface area contributed by atoms with Crippen LogP contribution >= 0.6 is 34.5 Å². The van der Waals surface area contributed by atoms with Crippen LogP contribution in [0.25, 0.3) is 10.1 Å². The number of halogens is 2. The molecule has 7 heteroatoms. The van der Waals surface area contributed by atoms with Gasteiger partial charge in [-0.1, -0.05) is 23.2 Å². The third-order valence-corrected chi connectivity index (χ3v) is 5.90. The number of fused-ring (bicyclic) bond motifs is 1. The topological polar surface area (TPSA) is 51.2 Å². The summed E-state index contributed by atoms with van der Waals surface area (Å²) >= 11 is 14.0. The molecule has 1 atom stereocenters. The molecule has 0 bridgehead atoms. The quantitative estimate of drug-likeness (QED) is 0.684. The predicted molar refractivity (Wildman–Crippen MR) is 98.5 cm³/mol. The van der Waals surface area contributed by atoms with Crippen LogP contribution in [-0.4, -0.2) is 18.0 Å². The normalized spacial score (nSPS) is 12.2. The number of nitrogens with zero attached hydrogens (tertiary/aromatic N) is 1. The summed E-state index contributed by atoms with van der Waals surface area (Å²) in [6.45, 7) is 1.91. The SMILES string of the molecule is COc1ccc2c(Cl)c(C(=O)N[C@@H](C)c3ccncc3)sc2c1Cl.